The molecule has 4 rings (SSSR count). The van der Waals surface area contributed by atoms with Crippen molar-refractivity contribution in [2.24, 2.45) is 0 Å². The van der Waals surface area contributed by atoms with Crippen LogP contribution < -0.4 is 4.74 Å². The number of nitrogens with zero attached hydrogens (tertiary/aromatic N) is 2. The minimum Gasteiger partial charge on any atom is -0.495 e. The maximum absolute atomic E-state index is 13.3. The van der Waals surface area contributed by atoms with E-state index in [9.17, 15) is 9.59 Å². The third-order valence-corrected chi connectivity index (χ3v) is 5.46. The van der Waals surface area contributed by atoms with E-state index in [-0.39, 0.29) is 24.0 Å². The fourth-order valence-corrected chi connectivity index (χ4v) is 3.80. The van der Waals surface area contributed by atoms with E-state index < -0.39 is 0 Å². The van der Waals surface area contributed by atoms with Crippen molar-refractivity contribution in [3.63, 3.8) is 0 Å². The molecule has 30 heavy (non-hydrogen) atoms. The number of aromatic nitrogens is 2. The topological polar surface area (TPSA) is 74.3 Å². The molecule has 0 unspecified atom stereocenters. The number of carbonyl (C=O) groups is 2. The number of rotatable bonds is 5. The molecule has 0 fully saturated rings. The Balaban J connectivity index is 1.90. The third-order valence-electron chi connectivity index (χ3n) is 4.91. The van der Waals surface area contributed by atoms with Crippen molar-refractivity contribution >= 4 is 45.8 Å². The number of ketones is 1. The molecule has 2 heterocycles. The van der Waals surface area contributed by atoms with Gasteiger partial charge in [0.15, 0.2) is 0 Å². The molecule has 0 aliphatic rings. The summed E-state index contributed by atoms with van der Waals surface area (Å²) in [5, 5.41) is 1.58. The number of benzene rings is 2. The van der Waals surface area contributed by atoms with E-state index in [0.29, 0.717) is 43.5 Å². The second kappa shape index (κ2) is 7.97. The summed E-state index contributed by atoms with van der Waals surface area (Å²) < 4.78 is 12.0. The predicted octanol–water partition coefficient (Wildman–Crippen LogP) is 5.37. The molecule has 0 N–H and O–H groups in total. The van der Waals surface area contributed by atoms with Crippen LogP contribution in [-0.4, -0.2) is 28.4 Å². The minimum atomic E-state index is -0.296. The fraction of sp³-hybridized carbons (Fsp3) is 0.136. The number of Topliss-reactive ketones (excluding diaryl/α,β-unsaturated/α-hetero) is 1. The summed E-state index contributed by atoms with van der Waals surface area (Å²) >= 11 is 12.3. The van der Waals surface area contributed by atoms with Crippen LogP contribution in [0.1, 0.15) is 32.3 Å². The molecule has 0 saturated carbocycles. The molecule has 152 valence electrons. The molecule has 2 aromatic carbocycles. The minimum absolute atomic E-state index is 0.00846. The number of hydrogen-bond acceptors (Lipinski definition) is 5. The molecule has 0 atom stereocenters. The lowest BCUT2D eigenvalue weighted by molar-refractivity contribution is 0.0948. The van der Waals surface area contributed by atoms with E-state index in [0.717, 1.165) is 0 Å². The first kappa shape index (κ1) is 20.2. The lowest BCUT2D eigenvalue weighted by Gasteiger charge is -2.09. The Labute approximate surface area is 182 Å². The van der Waals surface area contributed by atoms with Gasteiger partial charge in [-0.2, -0.15) is 0 Å². The molecule has 0 radical (unpaired) electrons. The van der Waals surface area contributed by atoms with E-state index in [4.69, 9.17) is 32.4 Å². The quantitative estimate of drug-likeness (QED) is 0.388. The van der Waals surface area contributed by atoms with Crippen LogP contribution in [0.3, 0.4) is 0 Å². The van der Waals surface area contributed by atoms with Crippen LogP contribution >= 0.6 is 23.2 Å². The first-order valence-electron chi connectivity index (χ1n) is 9.01. The Kier molecular flexibility index (Phi) is 5.37. The van der Waals surface area contributed by atoms with Crippen LogP contribution in [0.5, 0.6) is 5.75 Å². The van der Waals surface area contributed by atoms with Crippen molar-refractivity contribution in [1.82, 2.24) is 9.55 Å². The molecule has 0 amide bonds. The van der Waals surface area contributed by atoms with Gasteiger partial charge in [-0.15, -0.1) is 0 Å². The van der Waals surface area contributed by atoms with Gasteiger partial charge in [0, 0.05) is 28.1 Å². The van der Waals surface area contributed by atoms with Gasteiger partial charge in [0.05, 0.1) is 23.8 Å². The zero-order valence-corrected chi connectivity index (χ0v) is 17.6. The zero-order chi connectivity index (χ0) is 21.4. The lowest BCUT2D eigenvalue weighted by atomic mass is 10.0. The molecular formula is C22H16Cl2N2O4. The van der Waals surface area contributed by atoms with Crippen LogP contribution in [0.25, 0.3) is 10.9 Å². The highest BCUT2D eigenvalue weighted by molar-refractivity contribution is 6.33. The smallest absolute Gasteiger partial charge is 0.263 e. The molecule has 2 aromatic heterocycles. The van der Waals surface area contributed by atoms with Crippen LogP contribution in [0.2, 0.25) is 10.0 Å². The SMILES string of the molecule is COc1cc2c(CC(=O)c3ncco3)c(C)n(C(=O)c3ccc(Cl)cc3)c2cc1Cl. The fourth-order valence-electron chi connectivity index (χ4n) is 3.44. The number of ether oxygens (including phenoxy) is 1. The number of carbonyl (C=O) groups excluding carboxylic acids is 2. The van der Waals surface area contributed by atoms with Gasteiger partial charge < -0.3 is 9.15 Å². The summed E-state index contributed by atoms with van der Waals surface area (Å²) in [5.74, 6) is -0.0921. The highest BCUT2D eigenvalue weighted by Gasteiger charge is 2.24. The van der Waals surface area contributed by atoms with Crippen LogP contribution in [0.4, 0.5) is 0 Å². The summed E-state index contributed by atoms with van der Waals surface area (Å²) in [5.41, 5.74) is 2.32. The predicted molar refractivity (Wildman–Crippen MR) is 114 cm³/mol. The summed E-state index contributed by atoms with van der Waals surface area (Å²) in [4.78, 5) is 29.9. The van der Waals surface area contributed by atoms with Gasteiger partial charge in [-0.1, -0.05) is 23.2 Å². The molecule has 6 nitrogen and oxygen atoms in total. The highest BCUT2D eigenvalue weighted by atomic mass is 35.5. The Hall–Kier alpha value is -3.09. The average Bonchev–Trinajstić information content (AvgIpc) is 3.35. The molecule has 0 saturated heterocycles. The van der Waals surface area contributed by atoms with Crippen molar-refractivity contribution in [3.8, 4) is 5.75 Å². The summed E-state index contributed by atoms with van der Waals surface area (Å²) in [6.07, 6.45) is 2.76. The van der Waals surface area contributed by atoms with E-state index >= 15 is 0 Å². The molecule has 0 aliphatic carbocycles. The van der Waals surface area contributed by atoms with Crippen LogP contribution in [-0.2, 0) is 6.42 Å². The molecule has 4 aromatic rings. The number of methoxy groups -OCH3 is 1. The Morgan fingerprint density at radius 1 is 1.17 bits per heavy atom. The normalized spacial score (nSPS) is 11.1. The van der Waals surface area contributed by atoms with Gasteiger partial charge in [0.1, 0.15) is 12.0 Å². The Morgan fingerprint density at radius 2 is 1.90 bits per heavy atom. The monoisotopic (exact) mass is 442 g/mol. The number of fused-ring (bicyclic) bond motifs is 1. The first-order chi connectivity index (χ1) is 14.4. The Morgan fingerprint density at radius 3 is 2.53 bits per heavy atom. The van der Waals surface area contributed by atoms with Gasteiger partial charge in [0.25, 0.3) is 11.8 Å². The lowest BCUT2D eigenvalue weighted by Crippen LogP contribution is -2.14. The van der Waals surface area contributed by atoms with Gasteiger partial charge in [-0.3, -0.25) is 14.2 Å². The van der Waals surface area contributed by atoms with E-state index in [2.05, 4.69) is 4.98 Å². The molecule has 0 spiro atoms. The van der Waals surface area contributed by atoms with Crippen molar-refractivity contribution < 1.29 is 18.7 Å². The van der Waals surface area contributed by atoms with Gasteiger partial charge in [0.2, 0.25) is 5.78 Å². The van der Waals surface area contributed by atoms with Crippen molar-refractivity contribution in [1.29, 1.82) is 0 Å². The maximum Gasteiger partial charge on any atom is 0.263 e. The second-order valence-corrected chi connectivity index (χ2v) is 7.50. The van der Waals surface area contributed by atoms with Gasteiger partial charge in [-0.25, -0.2) is 4.98 Å². The largest absolute Gasteiger partial charge is 0.495 e. The van der Waals surface area contributed by atoms with Crippen LogP contribution in [0, 0.1) is 6.92 Å². The summed E-state index contributed by atoms with van der Waals surface area (Å²) in [7, 11) is 1.51. The number of oxazole rings is 1. The standard InChI is InChI=1S/C22H16Cl2N2O4/c1-12-15(9-19(27)21-25-7-8-30-21)16-10-20(29-2)17(24)11-18(16)26(12)22(28)13-3-5-14(23)6-4-13/h3-8,10-11H,9H2,1-2H3. The Bertz CT molecular complexity index is 1260. The number of halogens is 2. The highest BCUT2D eigenvalue weighted by Crippen LogP contribution is 2.35. The van der Waals surface area contributed by atoms with E-state index in [1.807, 2.05) is 0 Å². The van der Waals surface area contributed by atoms with Crippen molar-refractivity contribution in [3.05, 3.63) is 81.6 Å². The molecule has 0 bridgehead atoms. The van der Waals surface area contributed by atoms with Crippen LogP contribution in [0.15, 0.2) is 53.3 Å². The van der Waals surface area contributed by atoms with Gasteiger partial charge >= 0.3 is 0 Å². The number of hydrogen-bond donors (Lipinski definition) is 0. The van der Waals surface area contributed by atoms with E-state index in [1.54, 1.807) is 47.9 Å². The third kappa shape index (κ3) is 3.49. The molecule has 0 aliphatic heterocycles. The second-order valence-electron chi connectivity index (χ2n) is 6.65. The molecular weight excluding hydrogens is 427 g/mol. The zero-order valence-electron chi connectivity index (χ0n) is 16.1. The summed E-state index contributed by atoms with van der Waals surface area (Å²) in [6.45, 7) is 1.78. The average molecular weight is 443 g/mol. The van der Waals surface area contributed by atoms with Crippen molar-refractivity contribution in [2.75, 3.05) is 7.11 Å². The maximum atomic E-state index is 13.3. The van der Waals surface area contributed by atoms with Crippen molar-refractivity contribution in [2.45, 2.75) is 13.3 Å². The van der Waals surface area contributed by atoms with E-state index in [1.165, 1.54) is 19.6 Å². The first-order valence-corrected chi connectivity index (χ1v) is 9.76. The summed E-state index contributed by atoms with van der Waals surface area (Å²) in [6, 6.07) is 10.00. The van der Waals surface area contributed by atoms with Gasteiger partial charge in [-0.05, 0) is 48.9 Å². The molecule has 8 heteroatoms.